The van der Waals surface area contributed by atoms with Gasteiger partial charge in [0.1, 0.15) is 11.2 Å². The van der Waals surface area contributed by atoms with E-state index in [4.69, 9.17) is 9.73 Å². The lowest BCUT2D eigenvalue weighted by molar-refractivity contribution is -0.0627. The van der Waals surface area contributed by atoms with Crippen molar-refractivity contribution >= 4 is 22.9 Å². The maximum Gasteiger partial charge on any atom is 0.202 e. The maximum atomic E-state index is 6.96. The van der Waals surface area contributed by atoms with Crippen molar-refractivity contribution in [2.45, 2.75) is 71.6 Å². The highest BCUT2D eigenvalue weighted by atomic mass is 16.5. The molecule has 2 saturated heterocycles. The summed E-state index contributed by atoms with van der Waals surface area (Å²) in [5, 5.41) is 0. The van der Waals surface area contributed by atoms with Crippen molar-refractivity contribution in [3.05, 3.63) is 23.5 Å². The number of hydrogen-bond acceptors (Lipinski definition) is 5. The second-order valence-corrected chi connectivity index (χ2v) is 9.17. The predicted octanol–water partition coefficient (Wildman–Crippen LogP) is 5.20. The molecule has 3 atom stereocenters. The van der Waals surface area contributed by atoms with Crippen molar-refractivity contribution in [2.75, 3.05) is 7.05 Å². The number of benzene rings is 1. The average Bonchev–Trinajstić information content (AvgIpc) is 2.87. The quantitative estimate of drug-likeness (QED) is 0.618. The molecular formula is C24H32N4O. The summed E-state index contributed by atoms with van der Waals surface area (Å²) in [5.74, 6) is 3.15. The lowest BCUT2D eigenvalue weighted by atomic mass is 9.67. The van der Waals surface area contributed by atoms with Gasteiger partial charge in [-0.25, -0.2) is 4.99 Å². The van der Waals surface area contributed by atoms with Gasteiger partial charge in [0, 0.05) is 24.4 Å². The van der Waals surface area contributed by atoms with Crippen LogP contribution in [-0.4, -0.2) is 39.9 Å². The Labute approximate surface area is 173 Å². The van der Waals surface area contributed by atoms with Crippen LogP contribution in [0.25, 0.3) is 11.0 Å². The lowest BCUT2D eigenvalue weighted by Gasteiger charge is -2.46. The first-order chi connectivity index (χ1) is 14.1. The highest BCUT2D eigenvalue weighted by Gasteiger charge is 2.56. The Hall–Kier alpha value is -2.01. The molecule has 2 aromatic rings. The van der Waals surface area contributed by atoms with E-state index in [-0.39, 0.29) is 0 Å². The molecule has 4 heterocycles. The molecule has 5 heteroatoms. The normalized spacial score (nSPS) is 34.5. The topological polar surface area (TPSA) is 50.6 Å². The van der Waals surface area contributed by atoms with E-state index in [1.807, 2.05) is 13.8 Å². The van der Waals surface area contributed by atoms with Gasteiger partial charge in [-0.05, 0) is 76.0 Å². The van der Waals surface area contributed by atoms with Crippen LogP contribution in [0.4, 0.5) is 5.69 Å². The van der Waals surface area contributed by atoms with Crippen molar-refractivity contribution in [1.82, 2.24) is 14.9 Å². The smallest absolute Gasteiger partial charge is 0.202 e. The summed E-state index contributed by atoms with van der Waals surface area (Å²) >= 11 is 0. The van der Waals surface area contributed by atoms with Gasteiger partial charge in [-0.1, -0.05) is 13.8 Å². The van der Waals surface area contributed by atoms with Crippen LogP contribution in [0.15, 0.2) is 17.4 Å². The Morgan fingerprint density at radius 3 is 2.28 bits per heavy atom. The van der Waals surface area contributed by atoms with Crippen LogP contribution in [0.3, 0.4) is 0 Å². The number of aromatic nitrogens is 2. The molecule has 0 radical (unpaired) electrons. The zero-order valence-corrected chi connectivity index (χ0v) is 18.3. The van der Waals surface area contributed by atoms with Crippen LogP contribution in [0.5, 0.6) is 5.75 Å². The predicted molar refractivity (Wildman–Crippen MR) is 117 cm³/mol. The van der Waals surface area contributed by atoms with Crippen LogP contribution in [0.2, 0.25) is 0 Å². The number of aliphatic imine (C=N–C) groups is 1. The molecule has 2 aliphatic carbocycles. The minimum atomic E-state index is -0.408. The van der Waals surface area contributed by atoms with E-state index in [0.717, 1.165) is 45.4 Å². The fraction of sp³-hybridized carbons (Fsp3) is 0.625. The van der Waals surface area contributed by atoms with E-state index in [1.54, 1.807) is 12.4 Å². The summed E-state index contributed by atoms with van der Waals surface area (Å²) < 4.78 is 6.96. The van der Waals surface area contributed by atoms with E-state index in [9.17, 15) is 0 Å². The molecular weight excluding hydrogens is 360 g/mol. The van der Waals surface area contributed by atoms with Crippen molar-refractivity contribution in [3.8, 4) is 5.75 Å². The Bertz CT molecular complexity index is 972. The summed E-state index contributed by atoms with van der Waals surface area (Å²) in [5.41, 5.74) is 4.51. The van der Waals surface area contributed by atoms with E-state index in [0.29, 0.717) is 12.0 Å². The zero-order valence-electron chi connectivity index (χ0n) is 18.3. The molecule has 29 heavy (non-hydrogen) atoms. The minimum absolute atomic E-state index is 0.408. The van der Waals surface area contributed by atoms with Crippen LogP contribution < -0.4 is 4.74 Å². The molecule has 1 spiro atoms. The molecule has 4 fully saturated rings. The molecule has 1 aromatic carbocycles. The minimum Gasteiger partial charge on any atom is -0.464 e. The number of hydrogen-bond donors (Lipinski definition) is 0. The van der Waals surface area contributed by atoms with Crippen LogP contribution in [0.1, 0.15) is 57.1 Å². The molecule has 7 rings (SSSR count). The fourth-order valence-electron chi connectivity index (χ4n) is 6.40. The van der Waals surface area contributed by atoms with E-state index in [2.05, 4.69) is 42.0 Å². The first-order valence-electron chi connectivity index (χ1n) is 11.3. The molecule has 154 valence electrons. The molecule has 5 aliphatic rings. The molecule has 2 saturated carbocycles. The first kappa shape index (κ1) is 19.0. The average molecular weight is 393 g/mol. The summed E-state index contributed by atoms with van der Waals surface area (Å²) in [6.07, 6.45) is 12.2. The molecule has 0 N–H and O–H groups in total. The summed E-state index contributed by atoms with van der Waals surface area (Å²) in [4.78, 5) is 16.6. The third kappa shape index (κ3) is 2.59. The van der Waals surface area contributed by atoms with Gasteiger partial charge in [0.05, 0.1) is 11.7 Å². The van der Waals surface area contributed by atoms with Gasteiger partial charge < -0.3 is 4.74 Å². The SMILES string of the molecule is CC.Cc1c2c(c3nccnc3c1C)N=CC1(O2)C2CC3CC(CC(C3)N1C)C2. The third-order valence-corrected chi connectivity index (χ3v) is 7.84. The lowest BCUT2D eigenvalue weighted by Crippen LogP contribution is -2.59. The Morgan fingerprint density at radius 1 is 0.931 bits per heavy atom. The van der Waals surface area contributed by atoms with Crippen molar-refractivity contribution in [1.29, 1.82) is 0 Å². The molecule has 5 nitrogen and oxygen atoms in total. The second-order valence-electron chi connectivity index (χ2n) is 9.17. The molecule has 1 aromatic heterocycles. The first-order valence-corrected chi connectivity index (χ1v) is 11.3. The number of fused-ring (bicyclic) bond motifs is 3. The molecule has 0 amide bonds. The number of nitrogens with zero attached hydrogens (tertiary/aromatic N) is 4. The van der Waals surface area contributed by atoms with Gasteiger partial charge in [-0.3, -0.25) is 14.9 Å². The Morgan fingerprint density at radius 2 is 1.59 bits per heavy atom. The number of aryl methyl sites for hydroxylation is 1. The number of ether oxygens (including phenoxy) is 1. The number of rotatable bonds is 0. The van der Waals surface area contributed by atoms with E-state index < -0.39 is 5.72 Å². The van der Waals surface area contributed by atoms with Crippen LogP contribution in [0, 0.1) is 31.6 Å². The largest absolute Gasteiger partial charge is 0.464 e. The monoisotopic (exact) mass is 392 g/mol. The van der Waals surface area contributed by atoms with E-state index >= 15 is 0 Å². The van der Waals surface area contributed by atoms with Gasteiger partial charge in [0.15, 0.2) is 5.75 Å². The second kappa shape index (κ2) is 6.76. The van der Waals surface area contributed by atoms with Crippen molar-refractivity contribution < 1.29 is 4.74 Å². The van der Waals surface area contributed by atoms with Gasteiger partial charge in [0.25, 0.3) is 0 Å². The Kier molecular flexibility index (Phi) is 4.43. The van der Waals surface area contributed by atoms with Gasteiger partial charge in [-0.2, -0.15) is 0 Å². The molecule has 3 unspecified atom stereocenters. The van der Waals surface area contributed by atoms with Gasteiger partial charge in [0.2, 0.25) is 5.72 Å². The van der Waals surface area contributed by atoms with Crippen LogP contribution in [-0.2, 0) is 0 Å². The third-order valence-electron chi connectivity index (χ3n) is 7.84. The summed E-state index contributed by atoms with van der Waals surface area (Å²) in [7, 11) is 2.26. The molecule has 3 aliphatic heterocycles. The highest BCUT2D eigenvalue weighted by Crippen LogP contribution is 2.55. The standard InChI is InChI=1S/C22H26N4O.C2H6/c1-12-13(2)21-20(19-18(12)23-4-5-24-19)25-11-22(27-21)16-7-14-6-15(8-16)10-17(9-14)26(22)3;1-2/h4-5,11,14-17H,6-10H2,1-3H3;1-2H3. The fourth-order valence-corrected chi connectivity index (χ4v) is 6.40. The van der Waals surface area contributed by atoms with Gasteiger partial charge >= 0.3 is 0 Å². The van der Waals surface area contributed by atoms with E-state index in [1.165, 1.54) is 32.1 Å². The Balaban J connectivity index is 0.000000882. The summed E-state index contributed by atoms with van der Waals surface area (Å²) in [6.45, 7) is 8.25. The zero-order chi connectivity index (χ0) is 20.3. The van der Waals surface area contributed by atoms with Crippen LogP contribution >= 0.6 is 0 Å². The maximum absolute atomic E-state index is 6.96. The van der Waals surface area contributed by atoms with Gasteiger partial charge in [-0.15, -0.1) is 0 Å². The van der Waals surface area contributed by atoms with Crippen molar-refractivity contribution in [3.63, 3.8) is 0 Å². The highest BCUT2D eigenvalue weighted by molar-refractivity contribution is 5.97. The van der Waals surface area contributed by atoms with Crippen molar-refractivity contribution in [2.24, 2.45) is 22.7 Å². The molecule has 4 bridgehead atoms. The summed E-state index contributed by atoms with van der Waals surface area (Å²) in [6, 6.07) is 0.607.